The number of carboxylic acids is 1. The normalized spacial score (nSPS) is 13.5. The predicted molar refractivity (Wildman–Crippen MR) is 77.4 cm³/mol. The molecule has 1 aromatic heterocycles. The number of hydrogen-bond acceptors (Lipinski definition) is 5. The van der Waals surface area contributed by atoms with Gasteiger partial charge >= 0.3 is 5.97 Å². The zero-order chi connectivity index (χ0) is 14.7. The topological polar surface area (TPSA) is 68.7 Å². The minimum atomic E-state index is -1.03. The highest BCUT2D eigenvalue weighted by molar-refractivity contribution is 7.99. The van der Waals surface area contributed by atoms with Crippen molar-refractivity contribution in [3.8, 4) is 11.5 Å². The van der Waals surface area contributed by atoms with Gasteiger partial charge in [-0.05, 0) is 30.3 Å². The van der Waals surface area contributed by atoms with Crippen molar-refractivity contribution in [2.24, 2.45) is 0 Å². The summed E-state index contributed by atoms with van der Waals surface area (Å²) in [5, 5.41) is 8.96. The van der Waals surface area contributed by atoms with E-state index in [9.17, 15) is 4.79 Å². The van der Waals surface area contributed by atoms with E-state index in [0.29, 0.717) is 13.2 Å². The van der Waals surface area contributed by atoms with Gasteiger partial charge in [-0.3, -0.25) is 0 Å². The Morgan fingerprint density at radius 2 is 1.86 bits per heavy atom. The van der Waals surface area contributed by atoms with Gasteiger partial charge in [-0.1, -0.05) is 11.8 Å². The highest BCUT2D eigenvalue weighted by atomic mass is 32.2. The van der Waals surface area contributed by atoms with Crippen molar-refractivity contribution in [3.05, 3.63) is 42.2 Å². The lowest BCUT2D eigenvalue weighted by Gasteiger charge is -2.09. The molecule has 1 aliphatic heterocycles. The molecule has 1 aromatic carbocycles. The molecule has 3 rings (SSSR count). The Balaban J connectivity index is 1.83. The van der Waals surface area contributed by atoms with Crippen molar-refractivity contribution >= 4 is 17.7 Å². The van der Waals surface area contributed by atoms with E-state index in [4.69, 9.17) is 14.6 Å². The van der Waals surface area contributed by atoms with Crippen molar-refractivity contribution in [2.45, 2.75) is 16.2 Å². The molecule has 0 aliphatic carbocycles. The van der Waals surface area contributed by atoms with E-state index in [2.05, 4.69) is 4.98 Å². The van der Waals surface area contributed by atoms with Crippen molar-refractivity contribution in [1.82, 2.24) is 4.98 Å². The second-order valence-corrected chi connectivity index (χ2v) is 5.59. The summed E-state index contributed by atoms with van der Waals surface area (Å²) in [6.45, 7) is 1.30. The average Bonchev–Trinajstić information content (AvgIpc) is 2.72. The van der Waals surface area contributed by atoms with E-state index in [1.807, 2.05) is 18.2 Å². The van der Waals surface area contributed by atoms with E-state index in [0.717, 1.165) is 27.7 Å². The van der Waals surface area contributed by atoms with Crippen LogP contribution in [0.1, 0.15) is 16.9 Å². The molecule has 5 nitrogen and oxygen atoms in total. The molecule has 0 saturated carbocycles. The molecule has 0 fully saturated rings. The SMILES string of the molecule is O=C(O)c1cc(Sc2ccc3c(c2)OCCCO3)ccn1. The maximum atomic E-state index is 10.9. The fourth-order valence-electron chi connectivity index (χ4n) is 1.93. The number of fused-ring (bicyclic) bond motifs is 1. The van der Waals surface area contributed by atoms with E-state index in [1.165, 1.54) is 18.0 Å². The minimum Gasteiger partial charge on any atom is -0.490 e. The van der Waals surface area contributed by atoms with Gasteiger partial charge in [-0.25, -0.2) is 9.78 Å². The number of aromatic carboxylic acids is 1. The van der Waals surface area contributed by atoms with Crippen LogP contribution in [0.15, 0.2) is 46.3 Å². The Morgan fingerprint density at radius 1 is 1.10 bits per heavy atom. The summed E-state index contributed by atoms with van der Waals surface area (Å²) >= 11 is 1.46. The molecule has 2 aromatic rings. The molecule has 6 heteroatoms. The van der Waals surface area contributed by atoms with E-state index >= 15 is 0 Å². The van der Waals surface area contributed by atoms with Gasteiger partial charge in [0, 0.05) is 22.4 Å². The zero-order valence-corrected chi connectivity index (χ0v) is 11.9. The molecule has 21 heavy (non-hydrogen) atoms. The van der Waals surface area contributed by atoms with Crippen molar-refractivity contribution in [1.29, 1.82) is 0 Å². The smallest absolute Gasteiger partial charge is 0.354 e. The first-order valence-electron chi connectivity index (χ1n) is 6.49. The van der Waals surface area contributed by atoms with Crippen LogP contribution in [0.2, 0.25) is 0 Å². The van der Waals surface area contributed by atoms with Gasteiger partial charge in [-0.15, -0.1) is 0 Å². The molecule has 108 valence electrons. The first kappa shape index (κ1) is 13.8. The van der Waals surface area contributed by atoms with Gasteiger partial charge in [0.25, 0.3) is 0 Å². The van der Waals surface area contributed by atoms with Crippen molar-refractivity contribution in [3.63, 3.8) is 0 Å². The Morgan fingerprint density at radius 3 is 2.67 bits per heavy atom. The Labute approximate surface area is 125 Å². The summed E-state index contributed by atoms with van der Waals surface area (Å²) < 4.78 is 11.2. The molecule has 0 radical (unpaired) electrons. The fraction of sp³-hybridized carbons (Fsp3) is 0.200. The second-order valence-electron chi connectivity index (χ2n) is 4.44. The van der Waals surface area contributed by atoms with E-state index in [1.54, 1.807) is 12.1 Å². The lowest BCUT2D eigenvalue weighted by Crippen LogP contribution is -1.99. The van der Waals surface area contributed by atoms with Gasteiger partial charge in [0.2, 0.25) is 0 Å². The van der Waals surface area contributed by atoms with E-state index < -0.39 is 5.97 Å². The maximum absolute atomic E-state index is 10.9. The van der Waals surface area contributed by atoms with Gasteiger partial charge in [0.1, 0.15) is 5.69 Å². The molecular formula is C15H13NO4S. The number of ether oxygens (including phenoxy) is 2. The number of hydrogen-bond donors (Lipinski definition) is 1. The zero-order valence-electron chi connectivity index (χ0n) is 11.1. The molecule has 0 unspecified atom stereocenters. The summed E-state index contributed by atoms with van der Waals surface area (Å²) in [6.07, 6.45) is 2.36. The van der Waals surface area contributed by atoms with Crippen LogP contribution in [-0.4, -0.2) is 29.3 Å². The molecule has 2 heterocycles. The quantitative estimate of drug-likeness (QED) is 0.939. The molecule has 0 spiro atoms. The van der Waals surface area contributed by atoms with Crippen LogP contribution in [-0.2, 0) is 0 Å². The predicted octanol–water partition coefficient (Wildman–Crippen LogP) is 3.09. The van der Waals surface area contributed by atoms with Gasteiger partial charge in [0.15, 0.2) is 11.5 Å². The first-order chi connectivity index (χ1) is 10.2. The van der Waals surface area contributed by atoms with Crippen LogP contribution in [0.3, 0.4) is 0 Å². The number of carbonyl (C=O) groups is 1. The molecule has 0 bridgehead atoms. The molecule has 0 amide bonds. The summed E-state index contributed by atoms with van der Waals surface area (Å²) in [4.78, 5) is 16.5. The number of carboxylic acid groups (broad SMARTS) is 1. The summed E-state index contributed by atoms with van der Waals surface area (Å²) in [7, 11) is 0. The lowest BCUT2D eigenvalue weighted by molar-refractivity contribution is 0.0690. The van der Waals surface area contributed by atoms with Gasteiger partial charge in [-0.2, -0.15) is 0 Å². The summed E-state index contributed by atoms with van der Waals surface area (Å²) in [5.41, 5.74) is 0.0364. The fourth-order valence-corrected chi connectivity index (χ4v) is 2.81. The van der Waals surface area contributed by atoms with Crippen LogP contribution < -0.4 is 9.47 Å². The van der Waals surface area contributed by atoms with Gasteiger partial charge < -0.3 is 14.6 Å². The highest BCUT2D eigenvalue weighted by Crippen LogP contribution is 2.36. The van der Waals surface area contributed by atoms with Crippen LogP contribution in [0, 0.1) is 0 Å². The highest BCUT2D eigenvalue weighted by Gasteiger charge is 2.12. The van der Waals surface area contributed by atoms with Gasteiger partial charge in [0.05, 0.1) is 13.2 Å². The number of nitrogens with zero attached hydrogens (tertiary/aromatic N) is 1. The number of aromatic nitrogens is 1. The Kier molecular flexibility index (Phi) is 3.96. The molecule has 0 atom stereocenters. The van der Waals surface area contributed by atoms with Crippen LogP contribution >= 0.6 is 11.8 Å². The third-order valence-corrected chi connectivity index (χ3v) is 3.88. The largest absolute Gasteiger partial charge is 0.490 e. The van der Waals surface area contributed by atoms with Crippen LogP contribution in [0.25, 0.3) is 0 Å². The average molecular weight is 303 g/mol. The second kappa shape index (κ2) is 6.05. The molecule has 1 aliphatic rings. The minimum absolute atomic E-state index is 0.0364. The monoisotopic (exact) mass is 303 g/mol. The third-order valence-electron chi connectivity index (χ3n) is 2.91. The summed E-state index contributed by atoms with van der Waals surface area (Å²) in [6, 6.07) is 9.05. The van der Waals surface area contributed by atoms with Crippen molar-refractivity contribution < 1.29 is 19.4 Å². The van der Waals surface area contributed by atoms with Crippen LogP contribution in [0.4, 0.5) is 0 Å². The lowest BCUT2D eigenvalue weighted by atomic mass is 10.3. The molecule has 1 N–H and O–H groups in total. The first-order valence-corrected chi connectivity index (χ1v) is 7.31. The number of rotatable bonds is 3. The van der Waals surface area contributed by atoms with E-state index in [-0.39, 0.29) is 5.69 Å². The Bertz CT molecular complexity index is 674. The molecular weight excluding hydrogens is 290 g/mol. The standard InChI is InChI=1S/C15H13NO4S/c17-15(18)12-8-11(4-5-16-12)21-10-2-3-13-14(9-10)20-7-1-6-19-13/h2-5,8-9H,1,6-7H2,(H,17,18). The number of pyridine rings is 1. The third kappa shape index (κ3) is 3.28. The Hall–Kier alpha value is -2.21. The molecule has 0 saturated heterocycles. The number of benzene rings is 1. The van der Waals surface area contributed by atoms with Crippen LogP contribution in [0.5, 0.6) is 11.5 Å². The van der Waals surface area contributed by atoms with Crippen molar-refractivity contribution in [2.75, 3.05) is 13.2 Å². The summed E-state index contributed by atoms with van der Waals surface area (Å²) in [5.74, 6) is 0.443. The maximum Gasteiger partial charge on any atom is 0.354 e.